The fourth-order valence-corrected chi connectivity index (χ4v) is 4.71. The lowest BCUT2D eigenvalue weighted by Gasteiger charge is -2.35. The summed E-state index contributed by atoms with van der Waals surface area (Å²) in [4.78, 5) is 19.8. The van der Waals surface area contributed by atoms with E-state index in [1.165, 1.54) is 37.9 Å². The number of benzene rings is 2. The molecule has 33 heavy (non-hydrogen) atoms. The number of methoxy groups -OCH3 is 1. The number of para-hydroxylation sites is 1. The Balaban J connectivity index is 1.17. The smallest absolute Gasteiger partial charge is 0.257 e. The Kier molecular flexibility index (Phi) is 8.61. The van der Waals surface area contributed by atoms with E-state index in [0.29, 0.717) is 11.3 Å². The number of rotatable bonds is 9. The quantitative estimate of drug-likeness (QED) is 0.541. The summed E-state index contributed by atoms with van der Waals surface area (Å²) in [5.41, 5.74) is 1.92. The fourth-order valence-electron chi connectivity index (χ4n) is 4.71. The lowest BCUT2D eigenvalue weighted by molar-refractivity contribution is 0.0625. The maximum atomic E-state index is 12.9. The third-order valence-corrected chi connectivity index (χ3v) is 6.66. The van der Waals surface area contributed by atoms with E-state index in [1.807, 2.05) is 29.2 Å². The molecule has 0 saturated carbocycles. The highest BCUT2D eigenvalue weighted by atomic mass is 16.5. The van der Waals surface area contributed by atoms with E-state index in [-0.39, 0.29) is 5.91 Å². The normalized spacial score (nSPS) is 17.7. The fraction of sp³-hybridized carbons (Fsp3) is 0.519. The van der Waals surface area contributed by atoms with Crippen LogP contribution in [-0.2, 0) is 6.54 Å². The molecular weight excluding hydrogens is 414 g/mol. The van der Waals surface area contributed by atoms with Gasteiger partial charge in [0.1, 0.15) is 11.5 Å². The molecule has 2 heterocycles. The van der Waals surface area contributed by atoms with Gasteiger partial charge in [-0.2, -0.15) is 0 Å². The Morgan fingerprint density at radius 3 is 2.30 bits per heavy atom. The van der Waals surface area contributed by atoms with Crippen molar-refractivity contribution in [2.75, 3.05) is 59.5 Å². The lowest BCUT2D eigenvalue weighted by Crippen LogP contribution is -2.48. The highest BCUT2D eigenvalue weighted by Gasteiger charge is 2.24. The van der Waals surface area contributed by atoms with Crippen LogP contribution in [0.5, 0.6) is 11.5 Å². The zero-order valence-corrected chi connectivity index (χ0v) is 19.9. The van der Waals surface area contributed by atoms with Gasteiger partial charge in [-0.15, -0.1) is 0 Å². The Hall–Kier alpha value is -2.57. The summed E-state index contributed by atoms with van der Waals surface area (Å²) in [5.74, 6) is 1.64. The highest BCUT2D eigenvalue weighted by Crippen LogP contribution is 2.21. The Bertz CT molecular complexity index is 872. The summed E-state index contributed by atoms with van der Waals surface area (Å²) >= 11 is 0. The van der Waals surface area contributed by atoms with Crippen molar-refractivity contribution < 1.29 is 14.3 Å². The topological polar surface area (TPSA) is 45.3 Å². The van der Waals surface area contributed by atoms with Crippen molar-refractivity contribution in [1.29, 1.82) is 0 Å². The van der Waals surface area contributed by atoms with Gasteiger partial charge in [0.2, 0.25) is 0 Å². The van der Waals surface area contributed by atoms with Gasteiger partial charge in [0.15, 0.2) is 0 Å². The minimum atomic E-state index is 0.0499. The van der Waals surface area contributed by atoms with Gasteiger partial charge in [0.05, 0.1) is 19.3 Å². The first-order valence-electron chi connectivity index (χ1n) is 12.3. The van der Waals surface area contributed by atoms with Crippen LogP contribution in [0, 0.1) is 0 Å². The second-order valence-corrected chi connectivity index (χ2v) is 9.02. The first-order valence-corrected chi connectivity index (χ1v) is 12.3. The van der Waals surface area contributed by atoms with Crippen LogP contribution in [0.4, 0.5) is 0 Å². The first kappa shape index (κ1) is 23.6. The molecule has 2 aromatic carbocycles. The molecule has 6 heteroatoms. The molecule has 6 nitrogen and oxygen atoms in total. The van der Waals surface area contributed by atoms with Crippen molar-refractivity contribution in [2.24, 2.45) is 0 Å². The number of ether oxygens (including phenoxy) is 2. The molecule has 0 bridgehead atoms. The van der Waals surface area contributed by atoms with Crippen molar-refractivity contribution in [1.82, 2.24) is 14.7 Å². The molecule has 4 rings (SSSR count). The first-order chi connectivity index (χ1) is 16.2. The van der Waals surface area contributed by atoms with Gasteiger partial charge >= 0.3 is 0 Å². The Labute approximate surface area is 198 Å². The van der Waals surface area contributed by atoms with E-state index in [4.69, 9.17) is 9.47 Å². The third-order valence-electron chi connectivity index (χ3n) is 6.66. The predicted molar refractivity (Wildman–Crippen MR) is 131 cm³/mol. The maximum absolute atomic E-state index is 12.9. The van der Waals surface area contributed by atoms with Gasteiger partial charge in [-0.1, -0.05) is 30.7 Å². The summed E-state index contributed by atoms with van der Waals surface area (Å²) in [6.45, 7) is 8.51. The van der Waals surface area contributed by atoms with E-state index in [0.717, 1.165) is 58.0 Å². The van der Waals surface area contributed by atoms with Gasteiger partial charge in [-0.25, -0.2) is 0 Å². The minimum absolute atomic E-state index is 0.0499. The van der Waals surface area contributed by atoms with Crippen LogP contribution in [0.15, 0.2) is 48.5 Å². The molecule has 1 amide bonds. The van der Waals surface area contributed by atoms with Crippen LogP contribution in [0.2, 0.25) is 0 Å². The van der Waals surface area contributed by atoms with Crippen LogP contribution >= 0.6 is 0 Å². The molecule has 0 atom stereocenters. The van der Waals surface area contributed by atoms with E-state index >= 15 is 0 Å². The Morgan fingerprint density at radius 1 is 0.848 bits per heavy atom. The Morgan fingerprint density at radius 2 is 1.58 bits per heavy atom. The number of hydrogen-bond donors (Lipinski definition) is 0. The van der Waals surface area contributed by atoms with Crippen molar-refractivity contribution in [3.8, 4) is 11.5 Å². The number of carbonyl (C=O) groups excluding carboxylic acids is 1. The third kappa shape index (κ3) is 6.71. The number of likely N-dealkylation sites (tertiary alicyclic amines) is 1. The number of nitrogens with zero attached hydrogens (tertiary/aromatic N) is 3. The largest absolute Gasteiger partial charge is 0.496 e. The molecule has 0 unspecified atom stereocenters. The predicted octanol–water partition coefficient (Wildman–Crippen LogP) is 3.91. The minimum Gasteiger partial charge on any atom is -0.496 e. The number of piperazine rings is 1. The van der Waals surface area contributed by atoms with Gasteiger partial charge in [0.25, 0.3) is 5.91 Å². The van der Waals surface area contributed by atoms with Crippen LogP contribution in [0.25, 0.3) is 0 Å². The standard InChI is InChI=1S/C27H37N3O3/c1-32-26-9-4-3-8-25(26)27(31)30-19-17-29(18-20-30)22-23-10-12-24(13-11-23)33-21-7-16-28-14-5-2-6-15-28/h3-4,8-13H,2,5-7,14-22H2,1H3. The second kappa shape index (κ2) is 12.1. The molecule has 0 aliphatic carbocycles. The summed E-state index contributed by atoms with van der Waals surface area (Å²) in [6.07, 6.45) is 5.15. The summed E-state index contributed by atoms with van der Waals surface area (Å²) in [5, 5.41) is 0. The SMILES string of the molecule is COc1ccccc1C(=O)N1CCN(Cc2ccc(OCCCN3CCCCC3)cc2)CC1. The van der Waals surface area contributed by atoms with E-state index in [9.17, 15) is 4.79 Å². The molecule has 0 aromatic heterocycles. The molecule has 2 aliphatic rings. The van der Waals surface area contributed by atoms with Crippen LogP contribution in [0.3, 0.4) is 0 Å². The van der Waals surface area contributed by atoms with Crippen LogP contribution in [-0.4, -0.2) is 80.1 Å². The number of hydrogen-bond acceptors (Lipinski definition) is 5. The van der Waals surface area contributed by atoms with Gasteiger partial charge in [0, 0.05) is 39.3 Å². The summed E-state index contributed by atoms with van der Waals surface area (Å²) in [7, 11) is 1.61. The average Bonchev–Trinajstić information content (AvgIpc) is 2.88. The van der Waals surface area contributed by atoms with E-state index in [1.54, 1.807) is 7.11 Å². The highest BCUT2D eigenvalue weighted by molar-refractivity contribution is 5.97. The van der Waals surface area contributed by atoms with Gasteiger partial charge in [-0.05, 0) is 62.2 Å². The molecule has 2 saturated heterocycles. The number of piperidine rings is 1. The summed E-state index contributed by atoms with van der Waals surface area (Å²) in [6, 6.07) is 15.9. The van der Waals surface area contributed by atoms with Crippen molar-refractivity contribution in [3.63, 3.8) is 0 Å². The second-order valence-electron chi connectivity index (χ2n) is 9.02. The monoisotopic (exact) mass is 451 g/mol. The molecule has 0 spiro atoms. The van der Waals surface area contributed by atoms with Crippen molar-refractivity contribution >= 4 is 5.91 Å². The van der Waals surface area contributed by atoms with Crippen molar-refractivity contribution in [2.45, 2.75) is 32.2 Å². The summed E-state index contributed by atoms with van der Waals surface area (Å²) < 4.78 is 11.3. The molecular formula is C27H37N3O3. The van der Waals surface area contributed by atoms with Gasteiger partial charge < -0.3 is 19.3 Å². The van der Waals surface area contributed by atoms with E-state index < -0.39 is 0 Å². The number of amides is 1. The average molecular weight is 452 g/mol. The van der Waals surface area contributed by atoms with Crippen molar-refractivity contribution in [3.05, 3.63) is 59.7 Å². The zero-order valence-electron chi connectivity index (χ0n) is 19.9. The molecule has 0 N–H and O–H groups in total. The molecule has 0 radical (unpaired) electrons. The van der Waals surface area contributed by atoms with Crippen LogP contribution in [0.1, 0.15) is 41.6 Å². The van der Waals surface area contributed by atoms with Crippen LogP contribution < -0.4 is 9.47 Å². The molecule has 2 aliphatic heterocycles. The maximum Gasteiger partial charge on any atom is 0.257 e. The van der Waals surface area contributed by atoms with Gasteiger partial charge in [-0.3, -0.25) is 9.69 Å². The zero-order chi connectivity index (χ0) is 22.9. The van der Waals surface area contributed by atoms with E-state index in [2.05, 4.69) is 34.1 Å². The molecule has 2 aromatic rings. The lowest BCUT2D eigenvalue weighted by atomic mass is 10.1. The molecule has 178 valence electrons. The molecule has 2 fully saturated rings. The number of carbonyl (C=O) groups is 1.